The smallest absolute Gasteiger partial charge is 0.241 e. The molecule has 0 aliphatic heterocycles. The van der Waals surface area contributed by atoms with E-state index in [1.165, 1.54) is 13.0 Å². The highest BCUT2D eigenvalue weighted by Gasteiger charge is 2.24. The van der Waals surface area contributed by atoms with Gasteiger partial charge in [-0.2, -0.15) is 0 Å². The number of hydrogen-bond acceptors (Lipinski definition) is 5. The first kappa shape index (κ1) is 25.4. The lowest BCUT2D eigenvalue weighted by Crippen LogP contribution is -2.41. The Morgan fingerprint density at radius 1 is 1.03 bits per heavy atom. The molecule has 0 fully saturated rings. The van der Waals surface area contributed by atoms with E-state index in [1.54, 1.807) is 70.3 Å². The first-order valence-corrected chi connectivity index (χ1v) is 11.7. The number of carbonyl (C=O) groups excluding carboxylic acids is 2. The summed E-state index contributed by atoms with van der Waals surface area (Å²) in [5.41, 5.74) is 0.589. The van der Waals surface area contributed by atoms with Gasteiger partial charge in [0.1, 0.15) is 5.75 Å². The topological polar surface area (TPSA) is 114 Å². The number of methoxy groups -OCH3 is 1. The second-order valence-corrected chi connectivity index (χ2v) is 10.1. The Labute approximate surface area is 189 Å². The van der Waals surface area contributed by atoms with Gasteiger partial charge in [-0.1, -0.05) is 30.3 Å². The Balaban J connectivity index is 2.13. The van der Waals surface area contributed by atoms with Crippen LogP contribution in [-0.2, 0) is 26.2 Å². The molecule has 3 N–H and O–H groups in total. The lowest BCUT2D eigenvalue weighted by Gasteiger charge is -2.22. The van der Waals surface area contributed by atoms with Crippen LogP contribution in [0.25, 0.3) is 0 Å². The first-order valence-electron chi connectivity index (χ1n) is 10.2. The third-order valence-electron chi connectivity index (χ3n) is 4.46. The van der Waals surface area contributed by atoms with Gasteiger partial charge in [-0.15, -0.1) is 0 Å². The predicted molar refractivity (Wildman–Crippen MR) is 123 cm³/mol. The van der Waals surface area contributed by atoms with Crippen LogP contribution in [0.3, 0.4) is 0 Å². The molecule has 0 bridgehead atoms. The highest BCUT2D eigenvalue weighted by Crippen LogP contribution is 2.21. The van der Waals surface area contributed by atoms with E-state index in [2.05, 4.69) is 15.4 Å². The molecule has 2 aromatic rings. The largest absolute Gasteiger partial charge is 0.497 e. The molecule has 2 aromatic carbocycles. The summed E-state index contributed by atoms with van der Waals surface area (Å²) in [5.74, 6) is 0.0836. The SMILES string of the molecule is COc1ccc(C(CC(=O)NCc2ccccc2S(=O)(=O)NC(C)(C)C)NC(C)=O)cc1. The van der Waals surface area contributed by atoms with Crippen LogP contribution < -0.4 is 20.1 Å². The van der Waals surface area contributed by atoms with Crippen molar-refractivity contribution in [3.8, 4) is 5.75 Å². The van der Waals surface area contributed by atoms with E-state index in [0.29, 0.717) is 11.3 Å². The van der Waals surface area contributed by atoms with E-state index in [4.69, 9.17) is 4.74 Å². The Morgan fingerprint density at radius 2 is 1.66 bits per heavy atom. The average molecular weight is 462 g/mol. The lowest BCUT2D eigenvalue weighted by molar-refractivity contribution is -0.122. The van der Waals surface area contributed by atoms with Gasteiger partial charge in [0.05, 0.1) is 24.5 Å². The molecule has 0 saturated carbocycles. The van der Waals surface area contributed by atoms with E-state index in [9.17, 15) is 18.0 Å². The second-order valence-electron chi connectivity index (χ2n) is 8.47. The molecule has 0 heterocycles. The Kier molecular flexibility index (Phi) is 8.40. The molecule has 174 valence electrons. The van der Waals surface area contributed by atoms with Crippen LogP contribution >= 0.6 is 0 Å². The van der Waals surface area contributed by atoms with Gasteiger partial charge in [0.2, 0.25) is 21.8 Å². The zero-order valence-electron chi connectivity index (χ0n) is 19.1. The van der Waals surface area contributed by atoms with Gasteiger partial charge in [0, 0.05) is 19.0 Å². The molecule has 0 spiro atoms. The second kappa shape index (κ2) is 10.6. The fourth-order valence-electron chi connectivity index (χ4n) is 3.16. The molecule has 1 unspecified atom stereocenters. The summed E-state index contributed by atoms with van der Waals surface area (Å²) in [6.45, 7) is 6.70. The zero-order valence-corrected chi connectivity index (χ0v) is 19.9. The molecule has 2 amide bonds. The average Bonchev–Trinajstić information content (AvgIpc) is 2.70. The van der Waals surface area contributed by atoms with Crippen molar-refractivity contribution in [2.24, 2.45) is 0 Å². The summed E-state index contributed by atoms with van der Waals surface area (Å²) in [6, 6.07) is 13.1. The van der Waals surface area contributed by atoms with Crippen molar-refractivity contribution < 1.29 is 22.7 Å². The monoisotopic (exact) mass is 461 g/mol. The van der Waals surface area contributed by atoms with Crippen LogP contribution in [0.15, 0.2) is 53.4 Å². The van der Waals surface area contributed by atoms with Crippen LogP contribution in [0.4, 0.5) is 0 Å². The minimum absolute atomic E-state index is 0.00106. The molecule has 0 radical (unpaired) electrons. The summed E-state index contributed by atoms with van der Waals surface area (Å²) in [4.78, 5) is 24.4. The Bertz CT molecular complexity index is 1040. The van der Waals surface area contributed by atoms with Gasteiger partial charge in [-0.3, -0.25) is 9.59 Å². The van der Waals surface area contributed by atoms with Crippen molar-refractivity contribution in [3.05, 3.63) is 59.7 Å². The minimum atomic E-state index is -3.76. The molecule has 1 atom stereocenters. The number of sulfonamides is 1. The van der Waals surface area contributed by atoms with E-state index in [1.807, 2.05) is 0 Å². The van der Waals surface area contributed by atoms with Crippen LogP contribution in [0.1, 0.15) is 51.3 Å². The van der Waals surface area contributed by atoms with E-state index < -0.39 is 21.6 Å². The zero-order chi connectivity index (χ0) is 23.9. The number of carbonyl (C=O) groups is 2. The Morgan fingerprint density at radius 3 is 2.22 bits per heavy atom. The van der Waals surface area contributed by atoms with Gasteiger partial charge in [0.15, 0.2) is 0 Å². The quantitative estimate of drug-likeness (QED) is 0.531. The minimum Gasteiger partial charge on any atom is -0.497 e. The fraction of sp³-hybridized carbons (Fsp3) is 0.391. The van der Waals surface area contributed by atoms with E-state index in [0.717, 1.165) is 5.56 Å². The maximum atomic E-state index is 12.8. The van der Waals surface area contributed by atoms with Crippen molar-refractivity contribution >= 4 is 21.8 Å². The normalized spacial score (nSPS) is 12.7. The van der Waals surface area contributed by atoms with Gasteiger partial charge >= 0.3 is 0 Å². The third-order valence-corrected chi connectivity index (χ3v) is 6.32. The number of benzene rings is 2. The fourth-order valence-corrected chi connectivity index (χ4v) is 4.81. The van der Waals surface area contributed by atoms with Crippen molar-refractivity contribution in [3.63, 3.8) is 0 Å². The summed E-state index contributed by atoms with van der Waals surface area (Å²) in [5, 5.41) is 5.54. The maximum absolute atomic E-state index is 12.8. The maximum Gasteiger partial charge on any atom is 0.241 e. The number of rotatable bonds is 9. The molecule has 8 nitrogen and oxygen atoms in total. The molecule has 0 saturated heterocycles. The molecule has 0 aliphatic rings. The molecule has 0 aromatic heterocycles. The molecule has 0 aliphatic carbocycles. The number of amides is 2. The van der Waals surface area contributed by atoms with Crippen molar-refractivity contribution in [2.45, 2.75) is 57.1 Å². The molecule has 32 heavy (non-hydrogen) atoms. The third kappa shape index (κ3) is 7.65. The van der Waals surface area contributed by atoms with Gasteiger partial charge < -0.3 is 15.4 Å². The van der Waals surface area contributed by atoms with Crippen LogP contribution in [0.5, 0.6) is 5.75 Å². The Hall–Kier alpha value is -2.91. The summed E-state index contributed by atoms with van der Waals surface area (Å²) >= 11 is 0. The van der Waals surface area contributed by atoms with Gasteiger partial charge in [-0.05, 0) is 50.1 Å². The number of hydrogen-bond donors (Lipinski definition) is 3. The summed E-state index contributed by atoms with van der Waals surface area (Å²) in [7, 11) is -2.20. The van der Waals surface area contributed by atoms with E-state index >= 15 is 0 Å². The van der Waals surface area contributed by atoms with Gasteiger partial charge in [0.25, 0.3) is 0 Å². The highest BCUT2D eigenvalue weighted by atomic mass is 32.2. The lowest BCUT2D eigenvalue weighted by atomic mass is 10.0. The van der Waals surface area contributed by atoms with Gasteiger partial charge in [-0.25, -0.2) is 13.1 Å². The van der Waals surface area contributed by atoms with E-state index in [-0.39, 0.29) is 29.7 Å². The number of nitrogens with one attached hydrogen (secondary N) is 3. The predicted octanol–water partition coefficient (Wildman–Crippen LogP) is 2.66. The number of ether oxygens (including phenoxy) is 1. The molecular formula is C23H31N3O5S. The first-order chi connectivity index (χ1) is 14.9. The molecule has 2 rings (SSSR count). The van der Waals surface area contributed by atoms with Crippen LogP contribution in [0, 0.1) is 0 Å². The van der Waals surface area contributed by atoms with Crippen LogP contribution in [-0.4, -0.2) is 32.9 Å². The highest BCUT2D eigenvalue weighted by molar-refractivity contribution is 7.89. The van der Waals surface area contributed by atoms with Crippen LogP contribution in [0.2, 0.25) is 0 Å². The summed E-state index contributed by atoms with van der Waals surface area (Å²) < 4.78 is 33.3. The van der Waals surface area contributed by atoms with Crippen molar-refractivity contribution in [2.75, 3.05) is 7.11 Å². The standard InChI is InChI=1S/C23H31N3O5S/c1-16(27)25-20(17-10-12-19(31-5)13-11-17)14-22(28)24-15-18-8-6-7-9-21(18)32(29,30)26-23(2,3)4/h6-13,20,26H,14-15H2,1-5H3,(H,24,28)(H,25,27). The molecular weight excluding hydrogens is 430 g/mol. The van der Waals surface area contributed by atoms with Crippen molar-refractivity contribution in [1.82, 2.24) is 15.4 Å². The van der Waals surface area contributed by atoms with Crippen molar-refractivity contribution in [1.29, 1.82) is 0 Å². The molecule has 9 heteroatoms. The summed E-state index contributed by atoms with van der Waals surface area (Å²) in [6.07, 6.45) is 0.00106.